The largest absolute Gasteiger partial charge is 0.465 e. The molecule has 0 aliphatic heterocycles. The number of esters is 2. The predicted molar refractivity (Wildman–Crippen MR) is 97.6 cm³/mol. The Hall–Kier alpha value is -1.06. The molecule has 142 valence electrons. The summed E-state index contributed by atoms with van der Waals surface area (Å²) in [5.74, 6) is -0.374. The van der Waals surface area contributed by atoms with E-state index in [-0.39, 0.29) is 41.0 Å². The highest BCUT2D eigenvalue weighted by molar-refractivity contribution is 5.77. The highest BCUT2D eigenvalue weighted by Crippen LogP contribution is 2.46. The van der Waals surface area contributed by atoms with Crippen LogP contribution >= 0.6 is 0 Å². The molecule has 1 atom stereocenters. The maximum Gasteiger partial charge on any atom is 0.306 e. The molecule has 0 aromatic rings. The van der Waals surface area contributed by atoms with Crippen molar-refractivity contribution in [1.29, 1.82) is 0 Å². The van der Waals surface area contributed by atoms with Crippen LogP contribution in [0.3, 0.4) is 0 Å². The smallest absolute Gasteiger partial charge is 0.306 e. The topological polar surface area (TPSA) is 52.6 Å². The zero-order valence-corrected chi connectivity index (χ0v) is 17.2. The molecule has 4 nitrogen and oxygen atoms in total. The summed E-state index contributed by atoms with van der Waals surface area (Å²) in [4.78, 5) is 23.6. The molecule has 0 aromatic carbocycles. The predicted octanol–water partition coefficient (Wildman–Crippen LogP) is 5.00. The van der Waals surface area contributed by atoms with Gasteiger partial charge in [-0.15, -0.1) is 0 Å². The SMILES string of the molecule is CC(C)COC(=O)CCC(=O)OCC(C)(CC(C)(C)C)C(C)(C)C. The van der Waals surface area contributed by atoms with Gasteiger partial charge in [0.1, 0.15) is 0 Å². The van der Waals surface area contributed by atoms with Gasteiger partial charge >= 0.3 is 11.9 Å². The van der Waals surface area contributed by atoms with E-state index in [0.29, 0.717) is 19.1 Å². The van der Waals surface area contributed by atoms with Crippen molar-refractivity contribution >= 4 is 11.9 Å². The second kappa shape index (κ2) is 8.87. The molecule has 0 spiro atoms. The molecule has 0 saturated heterocycles. The minimum atomic E-state index is -0.339. The number of carbonyl (C=O) groups excluding carboxylic acids is 2. The molecule has 0 bridgehead atoms. The molecule has 0 N–H and O–H groups in total. The fourth-order valence-corrected chi connectivity index (χ4v) is 2.55. The third kappa shape index (κ3) is 9.29. The van der Waals surface area contributed by atoms with Crippen LogP contribution in [0.5, 0.6) is 0 Å². The molecular formula is C20H38O4. The first-order chi connectivity index (χ1) is 10.7. The Morgan fingerprint density at radius 1 is 0.833 bits per heavy atom. The van der Waals surface area contributed by atoms with Crippen molar-refractivity contribution in [3.63, 3.8) is 0 Å². The van der Waals surface area contributed by atoms with Crippen molar-refractivity contribution in [1.82, 2.24) is 0 Å². The Bertz CT molecular complexity index is 412. The first-order valence-electron chi connectivity index (χ1n) is 8.97. The van der Waals surface area contributed by atoms with Crippen LogP contribution in [0.2, 0.25) is 0 Å². The normalized spacial score (nSPS) is 15.1. The standard InChI is InChI=1S/C20H38O4/c1-15(2)12-23-16(21)10-11-17(22)24-14-20(9,19(6,7)8)13-18(3,4)5/h15H,10-14H2,1-9H3. The van der Waals surface area contributed by atoms with Crippen LogP contribution in [0.15, 0.2) is 0 Å². The second-order valence-electron chi connectivity index (χ2n) is 9.79. The van der Waals surface area contributed by atoms with Gasteiger partial charge in [0.05, 0.1) is 26.1 Å². The highest BCUT2D eigenvalue weighted by Gasteiger charge is 2.41. The Kier molecular flexibility index (Phi) is 8.47. The minimum absolute atomic E-state index is 0.0107. The molecular weight excluding hydrogens is 304 g/mol. The van der Waals surface area contributed by atoms with E-state index in [0.717, 1.165) is 6.42 Å². The minimum Gasteiger partial charge on any atom is -0.465 e. The van der Waals surface area contributed by atoms with E-state index in [9.17, 15) is 9.59 Å². The molecule has 4 heteroatoms. The maximum absolute atomic E-state index is 12.0. The zero-order chi connectivity index (χ0) is 19.2. The lowest BCUT2D eigenvalue weighted by atomic mass is 9.62. The summed E-state index contributed by atoms with van der Waals surface area (Å²) in [7, 11) is 0. The Labute approximate surface area is 148 Å². The third-order valence-corrected chi connectivity index (χ3v) is 4.39. The van der Waals surface area contributed by atoms with Gasteiger partial charge in [0, 0.05) is 5.41 Å². The van der Waals surface area contributed by atoms with Gasteiger partial charge < -0.3 is 9.47 Å². The van der Waals surface area contributed by atoms with Gasteiger partial charge in [-0.2, -0.15) is 0 Å². The van der Waals surface area contributed by atoms with E-state index in [1.165, 1.54) is 0 Å². The lowest BCUT2D eigenvalue weighted by Gasteiger charge is -2.45. The van der Waals surface area contributed by atoms with Crippen LogP contribution in [-0.2, 0) is 19.1 Å². The first-order valence-corrected chi connectivity index (χ1v) is 8.97. The number of ether oxygens (including phenoxy) is 2. The maximum atomic E-state index is 12.0. The summed E-state index contributed by atoms with van der Waals surface area (Å²) >= 11 is 0. The van der Waals surface area contributed by atoms with E-state index in [1.54, 1.807) is 0 Å². The molecule has 0 aromatic heterocycles. The number of rotatable bonds is 8. The van der Waals surface area contributed by atoms with Gasteiger partial charge in [-0.3, -0.25) is 9.59 Å². The van der Waals surface area contributed by atoms with Crippen LogP contribution in [0, 0.1) is 22.2 Å². The summed E-state index contributed by atoms with van der Waals surface area (Å²) in [6.45, 7) is 20.0. The molecule has 1 unspecified atom stereocenters. The lowest BCUT2D eigenvalue weighted by Crippen LogP contribution is -2.41. The van der Waals surface area contributed by atoms with Gasteiger partial charge in [0.15, 0.2) is 0 Å². The van der Waals surface area contributed by atoms with E-state index < -0.39 is 0 Å². The molecule has 0 amide bonds. The molecule has 0 heterocycles. The summed E-state index contributed by atoms with van der Waals surface area (Å²) in [6.07, 6.45) is 1.11. The third-order valence-electron chi connectivity index (χ3n) is 4.39. The number of hydrogen-bond donors (Lipinski definition) is 0. The van der Waals surface area contributed by atoms with Gasteiger partial charge in [-0.05, 0) is 23.2 Å². The van der Waals surface area contributed by atoms with Crippen LogP contribution in [0.25, 0.3) is 0 Å². The van der Waals surface area contributed by atoms with Crippen molar-refractivity contribution in [2.24, 2.45) is 22.2 Å². The molecule has 0 fully saturated rings. The molecule has 24 heavy (non-hydrogen) atoms. The van der Waals surface area contributed by atoms with Crippen molar-refractivity contribution in [2.75, 3.05) is 13.2 Å². The number of carbonyl (C=O) groups is 2. The summed E-state index contributed by atoms with van der Waals surface area (Å²) < 4.78 is 10.6. The monoisotopic (exact) mass is 342 g/mol. The summed E-state index contributed by atoms with van der Waals surface area (Å²) in [6, 6.07) is 0. The van der Waals surface area contributed by atoms with Crippen molar-refractivity contribution < 1.29 is 19.1 Å². The zero-order valence-electron chi connectivity index (χ0n) is 17.2. The van der Waals surface area contributed by atoms with Crippen LogP contribution in [0.1, 0.15) is 81.6 Å². The summed E-state index contributed by atoms with van der Waals surface area (Å²) in [5.41, 5.74) is 0.0326. The molecule has 0 saturated carbocycles. The van der Waals surface area contributed by atoms with Crippen molar-refractivity contribution in [2.45, 2.75) is 81.6 Å². The van der Waals surface area contributed by atoms with E-state index in [1.807, 2.05) is 13.8 Å². The molecule has 0 rings (SSSR count). The average molecular weight is 343 g/mol. The Balaban J connectivity index is 4.50. The Morgan fingerprint density at radius 3 is 1.67 bits per heavy atom. The average Bonchev–Trinajstić information content (AvgIpc) is 2.37. The highest BCUT2D eigenvalue weighted by atomic mass is 16.5. The Morgan fingerprint density at radius 2 is 1.29 bits per heavy atom. The molecule has 0 aliphatic rings. The lowest BCUT2D eigenvalue weighted by molar-refractivity contribution is -0.155. The number of hydrogen-bond acceptors (Lipinski definition) is 4. The molecule has 0 aliphatic carbocycles. The first kappa shape index (κ1) is 22.9. The second-order valence-corrected chi connectivity index (χ2v) is 9.79. The van der Waals surface area contributed by atoms with Gasteiger partial charge in [-0.25, -0.2) is 0 Å². The fourth-order valence-electron chi connectivity index (χ4n) is 2.55. The molecule has 0 radical (unpaired) electrons. The van der Waals surface area contributed by atoms with Gasteiger partial charge in [0.25, 0.3) is 0 Å². The summed E-state index contributed by atoms with van der Waals surface area (Å²) in [5, 5.41) is 0. The van der Waals surface area contributed by atoms with Crippen LogP contribution in [0.4, 0.5) is 0 Å². The van der Waals surface area contributed by atoms with Crippen LogP contribution in [-0.4, -0.2) is 25.2 Å². The fraction of sp³-hybridized carbons (Fsp3) is 0.900. The van der Waals surface area contributed by atoms with Gasteiger partial charge in [-0.1, -0.05) is 62.3 Å². The van der Waals surface area contributed by atoms with E-state index >= 15 is 0 Å². The van der Waals surface area contributed by atoms with Crippen molar-refractivity contribution in [3.05, 3.63) is 0 Å². The van der Waals surface area contributed by atoms with Crippen molar-refractivity contribution in [3.8, 4) is 0 Å². The van der Waals surface area contributed by atoms with E-state index in [4.69, 9.17) is 9.47 Å². The van der Waals surface area contributed by atoms with Crippen LogP contribution < -0.4 is 0 Å². The van der Waals surface area contributed by atoms with Gasteiger partial charge in [0.2, 0.25) is 0 Å². The van der Waals surface area contributed by atoms with E-state index in [2.05, 4.69) is 48.5 Å². The quantitative estimate of drug-likeness (QED) is 0.583.